The number of anilines is 1. The predicted octanol–water partition coefficient (Wildman–Crippen LogP) is 4.41. The summed E-state index contributed by atoms with van der Waals surface area (Å²) >= 11 is 6.28. The van der Waals surface area contributed by atoms with Gasteiger partial charge in [0.25, 0.3) is 5.91 Å². The number of carbonyl (C=O) groups excluding carboxylic acids is 2. The lowest BCUT2D eigenvalue weighted by Crippen LogP contribution is -2.44. The Morgan fingerprint density at radius 2 is 1.76 bits per heavy atom. The highest BCUT2D eigenvalue weighted by Gasteiger charge is 2.24. The average molecular weight is 419 g/mol. The Kier molecular flexibility index (Phi) is 7.65. The summed E-state index contributed by atoms with van der Waals surface area (Å²) in [6.45, 7) is 6.95. The molecule has 7 heteroatoms. The first-order valence-corrected chi connectivity index (χ1v) is 9.76. The summed E-state index contributed by atoms with van der Waals surface area (Å²) in [6.07, 6.45) is -1.42. The second-order valence-corrected chi connectivity index (χ2v) is 8.21. The molecule has 0 spiro atoms. The number of benzene rings is 2. The molecule has 29 heavy (non-hydrogen) atoms. The molecule has 0 heterocycles. The van der Waals surface area contributed by atoms with E-state index in [1.807, 2.05) is 18.2 Å². The SMILES string of the molecule is C[C@H](NC(=O)OC(C)(C)C)C(O)Cc1cccc(Cl)c1C(=O)Nc1ccccc1. The van der Waals surface area contributed by atoms with E-state index >= 15 is 0 Å². The van der Waals surface area contributed by atoms with Crippen LogP contribution in [-0.2, 0) is 11.2 Å². The molecule has 0 aliphatic rings. The quantitative estimate of drug-likeness (QED) is 0.648. The van der Waals surface area contributed by atoms with Crippen LogP contribution in [0.4, 0.5) is 10.5 Å². The number of alkyl carbamates (subject to hydrolysis) is 1. The van der Waals surface area contributed by atoms with Crippen LogP contribution in [0.15, 0.2) is 48.5 Å². The van der Waals surface area contributed by atoms with Crippen LogP contribution in [0.5, 0.6) is 0 Å². The van der Waals surface area contributed by atoms with Gasteiger partial charge in [-0.3, -0.25) is 4.79 Å². The number of hydrogen-bond donors (Lipinski definition) is 3. The summed E-state index contributed by atoms with van der Waals surface area (Å²) in [5.74, 6) is -0.364. The van der Waals surface area contributed by atoms with Gasteiger partial charge in [0, 0.05) is 12.1 Å². The zero-order valence-corrected chi connectivity index (χ0v) is 17.8. The monoisotopic (exact) mass is 418 g/mol. The van der Waals surface area contributed by atoms with Crippen molar-refractivity contribution in [3.63, 3.8) is 0 Å². The zero-order chi connectivity index (χ0) is 21.6. The van der Waals surface area contributed by atoms with Gasteiger partial charge in [-0.2, -0.15) is 0 Å². The predicted molar refractivity (Wildman–Crippen MR) is 114 cm³/mol. The molecule has 0 saturated heterocycles. The van der Waals surface area contributed by atoms with Crippen LogP contribution in [0.3, 0.4) is 0 Å². The molecular formula is C22H27ClN2O4. The summed E-state index contributed by atoms with van der Waals surface area (Å²) in [5, 5.41) is 16.3. The first kappa shape index (κ1) is 22.7. The van der Waals surface area contributed by atoms with Gasteiger partial charge in [0.15, 0.2) is 0 Å². The van der Waals surface area contributed by atoms with Crippen molar-refractivity contribution in [2.45, 2.75) is 51.9 Å². The highest BCUT2D eigenvalue weighted by molar-refractivity contribution is 6.34. The third-order valence-electron chi connectivity index (χ3n) is 4.11. The fraction of sp³-hybridized carbons (Fsp3) is 0.364. The fourth-order valence-corrected chi connectivity index (χ4v) is 2.98. The molecule has 2 amide bonds. The number of para-hydroxylation sites is 1. The third kappa shape index (κ3) is 7.07. The van der Waals surface area contributed by atoms with Gasteiger partial charge in [0.05, 0.1) is 22.7 Å². The van der Waals surface area contributed by atoms with Gasteiger partial charge < -0.3 is 20.5 Å². The zero-order valence-electron chi connectivity index (χ0n) is 17.0. The number of hydrogen-bond acceptors (Lipinski definition) is 4. The minimum atomic E-state index is -0.940. The molecular weight excluding hydrogens is 392 g/mol. The van der Waals surface area contributed by atoms with E-state index in [0.717, 1.165) is 0 Å². The maximum absolute atomic E-state index is 12.8. The summed E-state index contributed by atoms with van der Waals surface area (Å²) in [4.78, 5) is 24.7. The largest absolute Gasteiger partial charge is 0.444 e. The lowest BCUT2D eigenvalue weighted by atomic mass is 9.97. The van der Waals surface area contributed by atoms with E-state index in [0.29, 0.717) is 16.8 Å². The second-order valence-electron chi connectivity index (χ2n) is 7.80. The van der Waals surface area contributed by atoms with Crippen molar-refractivity contribution in [2.24, 2.45) is 0 Å². The molecule has 0 aliphatic heterocycles. The first-order chi connectivity index (χ1) is 13.6. The number of halogens is 1. The van der Waals surface area contributed by atoms with E-state index in [2.05, 4.69) is 10.6 Å². The van der Waals surface area contributed by atoms with Crippen molar-refractivity contribution < 1.29 is 19.4 Å². The highest BCUT2D eigenvalue weighted by atomic mass is 35.5. The van der Waals surface area contributed by atoms with Gasteiger partial charge in [-0.1, -0.05) is 41.9 Å². The Hall–Kier alpha value is -2.57. The summed E-state index contributed by atoms with van der Waals surface area (Å²) in [5.41, 5.74) is 0.881. The van der Waals surface area contributed by atoms with Crippen molar-refractivity contribution in [3.05, 3.63) is 64.7 Å². The van der Waals surface area contributed by atoms with Gasteiger partial charge in [-0.05, 0) is 51.5 Å². The molecule has 0 radical (unpaired) electrons. The lowest BCUT2D eigenvalue weighted by molar-refractivity contribution is 0.0436. The van der Waals surface area contributed by atoms with E-state index in [1.165, 1.54) is 0 Å². The number of carbonyl (C=O) groups is 2. The number of ether oxygens (including phenoxy) is 1. The molecule has 2 atom stereocenters. The number of aliphatic hydroxyl groups is 1. The minimum absolute atomic E-state index is 0.134. The van der Waals surface area contributed by atoms with E-state index in [1.54, 1.807) is 58.0 Å². The van der Waals surface area contributed by atoms with E-state index in [-0.39, 0.29) is 17.4 Å². The third-order valence-corrected chi connectivity index (χ3v) is 4.42. The lowest BCUT2D eigenvalue weighted by Gasteiger charge is -2.25. The van der Waals surface area contributed by atoms with Gasteiger partial charge in [0.2, 0.25) is 0 Å². The molecule has 0 aromatic heterocycles. The number of rotatable bonds is 6. The van der Waals surface area contributed by atoms with Crippen LogP contribution in [0.1, 0.15) is 43.6 Å². The van der Waals surface area contributed by atoms with Gasteiger partial charge in [-0.25, -0.2) is 4.79 Å². The molecule has 2 aromatic rings. The Labute approximate surface area is 176 Å². The molecule has 0 bridgehead atoms. The van der Waals surface area contributed by atoms with Crippen molar-refractivity contribution in [1.82, 2.24) is 5.32 Å². The van der Waals surface area contributed by atoms with Crippen LogP contribution < -0.4 is 10.6 Å². The molecule has 2 aromatic carbocycles. The van der Waals surface area contributed by atoms with Gasteiger partial charge >= 0.3 is 6.09 Å². The highest BCUT2D eigenvalue weighted by Crippen LogP contribution is 2.23. The Morgan fingerprint density at radius 3 is 2.38 bits per heavy atom. The molecule has 0 aliphatic carbocycles. The average Bonchev–Trinajstić information content (AvgIpc) is 2.60. The number of amides is 2. The second kappa shape index (κ2) is 9.76. The van der Waals surface area contributed by atoms with Gasteiger partial charge in [0.1, 0.15) is 5.60 Å². The van der Waals surface area contributed by atoms with Crippen LogP contribution in [-0.4, -0.2) is 34.9 Å². The Balaban J connectivity index is 2.11. The topological polar surface area (TPSA) is 87.7 Å². The molecule has 3 N–H and O–H groups in total. The van der Waals surface area contributed by atoms with Crippen molar-refractivity contribution in [1.29, 1.82) is 0 Å². The normalized spacial score (nSPS) is 13.3. The van der Waals surface area contributed by atoms with Crippen LogP contribution in [0.25, 0.3) is 0 Å². The van der Waals surface area contributed by atoms with Crippen molar-refractivity contribution in [2.75, 3.05) is 5.32 Å². The maximum atomic E-state index is 12.8. The number of nitrogens with one attached hydrogen (secondary N) is 2. The maximum Gasteiger partial charge on any atom is 0.407 e. The molecule has 1 unspecified atom stereocenters. The van der Waals surface area contributed by atoms with Crippen molar-refractivity contribution in [3.8, 4) is 0 Å². The summed E-state index contributed by atoms with van der Waals surface area (Å²) < 4.78 is 5.21. The first-order valence-electron chi connectivity index (χ1n) is 9.38. The van der Waals surface area contributed by atoms with Crippen LogP contribution in [0.2, 0.25) is 5.02 Å². The molecule has 156 valence electrons. The van der Waals surface area contributed by atoms with E-state index in [4.69, 9.17) is 16.3 Å². The fourth-order valence-electron chi connectivity index (χ4n) is 2.70. The molecule has 2 rings (SSSR count). The van der Waals surface area contributed by atoms with Crippen LogP contribution >= 0.6 is 11.6 Å². The standard InChI is InChI=1S/C22H27ClN2O4/c1-14(24-21(28)29-22(2,3)4)18(26)13-15-9-8-12-17(23)19(15)20(27)25-16-10-6-5-7-11-16/h5-12,14,18,26H,13H2,1-4H3,(H,24,28)(H,25,27)/t14-,18?/m0/s1. The number of aliphatic hydroxyl groups excluding tert-OH is 1. The van der Waals surface area contributed by atoms with E-state index < -0.39 is 23.8 Å². The van der Waals surface area contributed by atoms with Crippen molar-refractivity contribution >= 4 is 29.3 Å². The van der Waals surface area contributed by atoms with E-state index in [9.17, 15) is 14.7 Å². The smallest absolute Gasteiger partial charge is 0.407 e. The summed E-state index contributed by atoms with van der Waals surface area (Å²) in [6, 6.07) is 13.5. The molecule has 0 saturated carbocycles. The summed E-state index contributed by atoms with van der Waals surface area (Å²) in [7, 11) is 0. The van der Waals surface area contributed by atoms with Gasteiger partial charge in [-0.15, -0.1) is 0 Å². The Morgan fingerprint density at radius 1 is 1.10 bits per heavy atom. The molecule has 0 fully saturated rings. The van der Waals surface area contributed by atoms with Crippen LogP contribution in [0, 0.1) is 0 Å². The minimum Gasteiger partial charge on any atom is -0.444 e. The Bertz CT molecular complexity index is 850. The molecule has 6 nitrogen and oxygen atoms in total.